The van der Waals surface area contributed by atoms with Crippen LogP contribution in [0.3, 0.4) is 0 Å². The molecule has 3 rings (SSSR count). The molecule has 0 spiro atoms. The maximum Gasteiger partial charge on any atom is 0.408 e. The van der Waals surface area contributed by atoms with E-state index in [1.165, 1.54) is 4.90 Å². The number of carboxylic acids is 1. The summed E-state index contributed by atoms with van der Waals surface area (Å²) in [4.78, 5) is 38.6. The van der Waals surface area contributed by atoms with Gasteiger partial charge in [-0.15, -0.1) is 0 Å². The monoisotopic (exact) mass is 468 g/mol. The molecule has 2 amide bonds. The molecule has 1 aliphatic heterocycles. The van der Waals surface area contributed by atoms with Crippen molar-refractivity contribution in [3.05, 3.63) is 65.7 Å². The van der Waals surface area contributed by atoms with E-state index in [0.29, 0.717) is 31.7 Å². The molecule has 8 nitrogen and oxygen atoms in total. The van der Waals surface area contributed by atoms with Crippen LogP contribution >= 0.6 is 0 Å². The normalized spacial score (nSPS) is 16.6. The van der Waals surface area contributed by atoms with Crippen LogP contribution in [0.1, 0.15) is 44.7 Å². The molecule has 1 saturated heterocycles. The van der Waals surface area contributed by atoms with E-state index in [1.54, 1.807) is 20.8 Å². The molecule has 0 bridgehead atoms. The third kappa shape index (κ3) is 7.23. The van der Waals surface area contributed by atoms with Crippen LogP contribution in [-0.4, -0.2) is 52.2 Å². The fourth-order valence-electron chi connectivity index (χ4n) is 3.84. The number of carbonyl (C=O) groups is 3. The minimum atomic E-state index is -1.04. The second kappa shape index (κ2) is 11.0. The van der Waals surface area contributed by atoms with Gasteiger partial charge in [0.05, 0.1) is 0 Å². The minimum Gasteiger partial charge on any atom is -0.489 e. The van der Waals surface area contributed by atoms with E-state index >= 15 is 0 Å². The fourth-order valence-corrected chi connectivity index (χ4v) is 3.84. The summed E-state index contributed by atoms with van der Waals surface area (Å²) >= 11 is 0. The molecule has 2 atom stereocenters. The first-order valence-electron chi connectivity index (χ1n) is 11.4. The lowest BCUT2D eigenvalue weighted by molar-refractivity contribution is -0.149. The lowest BCUT2D eigenvalue weighted by atomic mass is 10.0. The Bertz CT molecular complexity index is 985. The number of alkyl carbamates (subject to hydrolysis) is 1. The number of ether oxygens (including phenoxy) is 2. The van der Waals surface area contributed by atoms with Crippen molar-refractivity contribution >= 4 is 18.0 Å². The molecule has 182 valence electrons. The molecule has 1 fully saturated rings. The summed E-state index contributed by atoms with van der Waals surface area (Å²) in [5, 5.41) is 12.1. The highest BCUT2D eigenvalue weighted by Gasteiger charge is 2.38. The van der Waals surface area contributed by atoms with E-state index in [-0.39, 0.29) is 6.42 Å². The molecular weight excluding hydrogens is 436 g/mol. The van der Waals surface area contributed by atoms with Gasteiger partial charge in [-0.3, -0.25) is 4.79 Å². The van der Waals surface area contributed by atoms with Crippen LogP contribution in [0.15, 0.2) is 54.6 Å². The van der Waals surface area contributed by atoms with Gasteiger partial charge in [-0.25, -0.2) is 9.59 Å². The summed E-state index contributed by atoms with van der Waals surface area (Å²) in [6, 6.07) is 15.2. The zero-order valence-corrected chi connectivity index (χ0v) is 19.8. The van der Waals surface area contributed by atoms with Gasteiger partial charge in [-0.1, -0.05) is 42.5 Å². The summed E-state index contributed by atoms with van der Waals surface area (Å²) in [5.41, 5.74) is 1.12. The largest absolute Gasteiger partial charge is 0.489 e. The number of aliphatic carboxylic acids is 1. The summed E-state index contributed by atoms with van der Waals surface area (Å²) in [5.74, 6) is -0.789. The van der Waals surface area contributed by atoms with Crippen LogP contribution in [-0.2, 0) is 27.4 Å². The average molecular weight is 469 g/mol. The zero-order valence-electron chi connectivity index (χ0n) is 19.8. The van der Waals surface area contributed by atoms with Crippen LogP contribution < -0.4 is 10.1 Å². The standard InChI is InChI=1S/C26H32N2O6/c1-26(2,3)34-25(32)27-21(23(29)28-15-7-10-22(28)24(30)31)16-18-11-13-20(14-12-18)33-17-19-8-5-4-6-9-19/h4-6,8-9,11-14,21-22H,7,10,15-17H2,1-3H3,(H,27,32)(H,30,31)/t21-,22+/m1/s1. The van der Waals surface area contributed by atoms with Crippen LogP contribution in [0.25, 0.3) is 0 Å². The van der Waals surface area contributed by atoms with Crippen LogP contribution in [0, 0.1) is 0 Å². The first-order chi connectivity index (χ1) is 16.1. The van der Waals surface area contributed by atoms with Gasteiger partial charge in [0, 0.05) is 13.0 Å². The summed E-state index contributed by atoms with van der Waals surface area (Å²) < 4.78 is 11.1. The smallest absolute Gasteiger partial charge is 0.408 e. The predicted molar refractivity (Wildman–Crippen MR) is 126 cm³/mol. The van der Waals surface area contributed by atoms with Crippen molar-refractivity contribution in [2.45, 2.75) is 64.3 Å². The van der Waals surface area contributed by atoms with Crippen molar-refractivity contribution in [3.63, 3.8) is 0 Å². The van der Waals surface area contributed by atoms with Crippen LogP contribution in [0.2, 0.25) is 0 Å². The van der Waals surface area contributed by atoms with E-state index in [1.807, 2.05) is 54.6 Å². The number of nitrogens with one attached hydrogen (secondary N) is 1. The van der Waals surface area contributed by atoms with E-state index in [4.69, 9.17) is 9.47 Å². The number of likely N-dealkylation sites (tertiary alicyclic amines) is 1. The number of rotatable bonds is 8. The Balaban J connectivity index is 1.70. The Kier molecular flexibility index (Phi) is 8.15. The number of hydrogen-bond acceptors (Lipinski definition) is 5. The molecule has 2 N–H and O–H groups in total. The second-order valence-electron chi connectivity index (χ2n) is 9.35. The number of nitrogens with zero attached hydrogens (tertiary/aromatic N) is 1. The van der Waals surface area contributed by atoms with E-state index < -0.39 is 35.7 Å². The molecule has 0 saturated carbocycles. The van der Waals surface area contributed by atoms with Gasteiger partial charge >= 0.3 is 12.1 Å². The van der Waals surface area contributed by atoms with E-state index in [2.05, 4.69) is 5.32 Å². The van der Waals surface area contributed by atoms with Crippen molar-refractivity contribution in [2.24, 2.45) is 0 Å². The maximum absolute atomic E-state index is 13.3. The van der Waals surface area contributed by atoms with Crippen LogP contribution in [0.5, 0.6) is 5.75 Å². The molecule has 2 aromatic rings. The predicted octanol–water partition coefficient (Wildman–Crippen LogP) is 3.78. The Labute approximate surface area is 199 Å². The molecule has 0 radical (unpaired) electrons. The Morgan fingerprint density at radius 3 is 2.35 bits per heavy atom. The van der Waals surface area contributed by atoms with Gasteiger partial charge in [0.25, 0.3) is 0 Å². The second-order valence-corrected chi connectivity index (χ2v) is 9.35. The number of carboxylic acid groups (broad SMARTS) is 1. The lowest BCUT2D eigenvalue weighted by Gasteiger charge is -2.28. The number of benzene rings is 2. The highest BCUT2D eigenvalue weighted by Crippen LogP contribution is 2.21. The molecule has 2 aromatic carbocycles. The summed E-state index contributed by atoms with van der Waals surface area (Å²) in [6.07, 6.45) is 0.475. The van der Waals surface area contributed by atoms with Gasteiger partial charge in [-0.05, 0) is 56.9 Å². The molecule has 0 aliphatic carbocycles. The van der Waals surface area contributed by atoms with Gasteiger partial charge in [0.2, 0.25) is 5.91 Å². The minimum absolute atomic E-state index is 0.194. The van der Waals surface area contributed by atoms with E-state index in [9.17, 15) is 19.5 Å². The van der Waals surface area contributed by atoms with Crippen LogP contribution in [0.4, 0.5) is 4.79 Å². The molecule has 8 heteroatoms. The Morgan fingerprint density at radius 1 is 1.06 bits per heavy atom. The summed E-state index contributed by atoms with van der Waals surface area (Å²) in [6.45, 7) is 5.98. The molecule has 34 heavy (non-hydrogen) atoms. The van der Waals surface area contributed by atoms with Crippen molar-refractivity contribution in [1.82, 2.24) is 10.2 Å². The molecule has 1 heterocycles. The van der Waals surface area contributed by atoms with Gasteiger partial charge in [0.1, 0.15) is 30.0 Å². The third-order valence-electron chi connectivity index (χ3n) is 5.42. The third-order valence-corrected chi connectivity index (χ3v) is 5.42. The SMILES string of the molecule is CC(C)(C)OC(=O)N[C@H](Cc1ccc(OCc2ccccc2)cc1)C(=O)N1CCC[C@H]1C(=O)O. The van der Waals surface area contributed by atoms with Crippen molar-refractivity contribution in [3.8, 4) is 5.75 Å². The molecule has 0 aromatic heterocycles. The lowest BCUT2D eigenvalue weighted by Crippen LogP contribution is -2.53. The maximum atomic E-state index is 13.3. The number of carbonyl (C=O) groups excluding carboxylic acids is 2. The van der Waals surface area contributed by atoms with Gasteiger partial charge in [0.15, 0.2) is 0 Å². The molecule has 0 unspecified atom stereocenters. The Morgan fingerprint density at radius 2 is 1.74 bits per heavy atom. The first-order valence-corrected chi connectivity index (χ1v) is 11.4. The number of amides is 2. The fraction of sp³-hybridized carbons (Fsp3) is 0.423. The van der Waals surface area contributed by atoms with Gasteiger partial charge in [-0.2, -0.15) is 0 Å². The highest BCUT2D eigenvalue weighted by atomic mass is 16.6. The molecule has 1 aliphatic rings. The zero-order chi connectivity index (χ0) is 24.7. The van der Waals surface area contributed by atoms with Gasteiger partial charge < -0.3 is 24.8 Å². The number of hydrogen-bond donors (Lipinski definition) is 2. The van der Waals surface area contributed by atoms with E-state index in [0.717, 1.165) is 11.1 Å². The van der Waals surface area contributed by atoms with Crippen molar-refractivity contribution < 1.29 is 29.0 Å². The topological polar surface area (TPSA) is 105 Å². The average Bonchev–Trinajstić information content (AvgIpc) is 3.27. The Hall–Kier alpha value is -3.55. The highest BCUT2D eigenvalue weighted by molar-refractivity contribution is 5.90. The van der Waals surface area contributed by atoms with Crippen molar-refractivity contribution in [2.75, 3.05) is 6.54 Å². The summed E-state index contributed by atoms with van der Waals surface area (Å²) in [7, 11) is 0. The molecular formula is C26H32N2O6. The first kappa shape index (κ1) is 25.1. The quantitative estimate of drug-likeness (QED) is 0.611. The van der Waals surface area contributed by atoms with Crippen molar-refractivity contribution in [1.29, 1.82) is 0 Å².